The number of rotatable bonds is 56. The summed E-state index contributed by atoms with van der Waals surface area (Å²) >= 11 is 0. The van der Waals surface area contributed by atoms with Crippen LogP contribution in [0.15, 0.2) is 91.0 Å². The summed E-state index contributed by atoms with van der Waals surface area (Å²) in [4.78, 5) is 34.6. The molecule has 12 nitrogen and oxygen atoms in total. The molecule has 0 aromatic heterocycles. The van der Waals surface area contributed by atoms with Crippen LogP contribution in [0.4, 0.5) is 0 Å². The molecule has 0 fully saturated rings. The lowest BCUT2D eigenvalue weighted by atomic mass is 10.1. The van der Waals surface area contributed by atoms with Crippen molar-refractivity contribution in [1.29, 1.82) is 0 Å². The topological polar surface area (TPSA) is 134 Å². The minimum Gasteiger partial charge on any atom is -0.494 e. The van der Waals surface area contributed by atoms with Crippen LogP contribution in [-0.4, -0.2) is 96.7 Å². The van der Waals surface area contributed by atoms with E-state index in [0.717, 1.165) is 112 Å². The average Bonchev–Trinajstić information content (AvgIpc) is 3.57. The number of benzene rings is 3. The van der Waals surface area contributed by atoms with Crippen molar-refractivity contribution in [3.8, 4) is 17.2 Å². The zero-order valence-electron chi connectivity index (χ0n) is 52.4. The molecule has 0 amide bonds. The zero-order chi connectivity index (χ0) is 59.9. The van der Waals surface area contributed by atoms with Gasteiger partial charge in [-0.05, 0) is 131 Å². The van der Waals surface area contributed by atoms with E-state index in [-0.39, 0.29) is 24.0 Å². The van der Waals surface area contributed by atoms with E-state index in [1.54, 1.807) is 39.0 Å². The van der Waals surface area contributed by atoms with Gasteiger partial charge in [-0.3, -0.25) is 0 Å². The third-order valence-electron chi connectivity index (χ3n) is 14.4. The third-order valence-corrected chi connectivity index (χ3v) is 14.4. The van der Waals surface area contributed by atoms with Gasteiger partial charge in [0.05, 0.1) is 52.9 Å². The first-order chi connectivity index (χ1) is 41.4. The van der Waals surface area contributed by atoms with E-state index in [9.17, 15) is 14.4 Å². The quantitative estimate of drug-likeness (QED) is 0.0230. The predicted molar refractivity (Wildman–Crippen MR) is 343 cm³/mol. The molecule has 0 aliphatic rings. The standard InChI is InChI=1S/C72H110O12/c1-4-78-70(73)52-43-63-37-46-66(47-38-63)81-57-33-27-21-15-9-7-13-19-25-31-55-76-61-69(84-60-36-30-24-18-12-11-17-23-29-35-59-83-68-50-41-65(42-51-68)45-54-72(75)80-6-3)62-77-56-32-26-20-14-8-10-16-22-28-34-58-82-67-48-39-64(40-49-67)44-53-71(74)79-5-2/h37-54,69H,4-36,55-62H2,1-3H3/b52-43+,53-44+,54-45+. The van der Waals surface area contributed by atoms with Crippen molar-refractivity contribution in [3.05, 3.63) is 108 Å². The van der Waals surface area contributed by atoms with Crippen LogP contribution in [0.3, 0.4) is 0 Å². The SMILES string of the molecule is CCOC(=O)/C=C/c1ccc(OCCCCCCCCCCCCOCC(COCCCCCCCCCCCCOc2ccc(/C=C/C(=O)OCC)cc2)OCCCCCCCCCCCCOc2ccc(/C=C/C(=O)OCC)cc2)cc1. The smallest absolute Gasteiger partial charge is 0.330 e. The number of esters is 3. The van der Waals surface area contributed by atoms with Crippen molar-refractivity contribution in [1.82, 2.24) is 0 Å². The summed E-state index contributed by atoms with van der Waals surface area (Å²) < 4.78 is 51.3. The van der Waals surface area contributed by atoms with Gasteiger partial charge >= 0.3 is 17.9 Å². The molecule has 0 unspecified atom stereocenters. The molecule has 0 atom stereocenters. The summed E-state index contributed by atoms with van der Waals surface area (Å²) in [5, 5.41) is 0. The summed E-state index contributed by atoms with van der Waals surface area (Å²) in [5.41, 5.74) is 2.83. The van der Waals surface area contributed by atoms with Gasteiger partial charge in [-0.1, -0.05) is 190 Å². The van der Waals surface area contributed by atoms with Gasteiger partial charge in [0.2, 0.25) is 0 Å². The van der Waals surface area contributed by atoms with Gasteiger partial charge in [0.1, 0.15) is 23.4 Å². The fourth-order valence-corrected chi connectivity index (χ4v) is 9.54. The Morgan fingerprint density at radius 1 is 0.310 bits per heavy atom. The fraction of sp³-hybridized carbons (Fsp3) is 0.625. The van der Waals surface area contributed by atoms with Crippen molar-refractivity contribution in [2.24, 2.45) is 0 Å². The molecule has 3 rings (SSSR count). The maximum absolute atomic E-state index is 11.5. The number of unbranched alkanes of at least 4 members (excludes halogenated alkanes) is 27. The molecule has 0 N–H and O–H groups in total. The summed E-state index contributed by atoms with van der Waals surface area (Å²) in [5.74, 6) is 1.60. The van der Waals surface area contributed by atoms with Gasteiger partial charge < -0.3 is 42.6 Å². The van der Waals surface area contributed by atoms with Crippen LogP contribution >= 0.6 is 0 Å². The highest BCUT2D eigenvalue weighted by Gasteiger charge is 2.11. The number of hydrogen-bond donors (Lipinski definition) is 0. The van der Waals surface area contributed by atoms with E-state index in [1.807, 2.05) is 72.8 Å². The van der Waals surface area contributed by atoms with Gasteiger partial charge in [-0.25, -0.2) is 14.4 Å². The van der Waals surface area contributed by atoms with E-state index in [1.165, 1.54) is 172 Å². The van der Waals surface area contributed by atoms with Crippen molar-refractivity contribution < 1.29 is 57.0 Å². The lowest BCUT2D eigenvalue weighted by molar-refractivity contribution is -0.138. The Morgan fingerprint density at radius 3 is 0.786 bits per heavy atom. The van der Waals surface area contributed by atoms with Crippen LogP contribution < -0.4 is 14.2 Å². The van der Waals surface area contributed by atoms with Crippen molar-refractivity contribution in [2.45, 2.75) is 219 Å². The highest BCUT2D eigenvalue weighted by atomic mass is 16.6. The monoisotopic (exact) mass is 1170 g/mol. The van der Waals surface area contributed by atoms with Gasteiger partial charge in [0.25, 0.3) is 0 Å². The molecule has 0 saturated carbocycles. The molecule has 0 radical (unpaired) electrons. The molecule has 0 bridgehead atoms. The first-order valence-corrected chi connectivity index (χ1v) is 32.9. The number of carbonyl (C=O) groups excluding carboxylic acids is 3. The zero-order valence-corrected chi connectivity index (χ0v) is 52.4. The van der Waals surface area contributed by atoms with Crippen LogP contribution in [0.25, 0.3) is 18.2 Å². The Hall–Kier alpha value is -5.43. The van der Waals surface area contributed by atoms with Crippen molar-refractivity contribution >= 4 is 36.1 Å². The lowest BCUT2D eigenvalue weighted by Gasteiger charge is -2.18. The minimum atomic E-state index is -0.327. The van der Waals surface area contributed by atoms with Crippen molar-refractivity contribution in [2.75, 3.05) is 72.7 Å². The number of hydrogen-bond acceptors (Lipinski definition) is 12. The molecule has 0 aliphatic carbocycles. The molecule has 0 heterocycles. The Morgan fingerprint density at radius 2 is 0.536 bits per heavy atom. The largest absolute Gasteiger partial charge is 0.494 e. The third kappa shape index (κ3) is 42.4. The predicted octanol–water partition coefficient (Wildman–Crippen LogP) is 18.1. The Bertz CT molecular complexity index is 2010. The van der Waals surface area contributed by atoms with Gasteiger partial charge in [-0.15, -0.1) is 0 Å². The highest BCUT2D eigenvalue weighted by Crippen LogP contribution is 2.19. The summed E-state index contributed by atoms with van der Waals surface area (Å²) in [6.45, 7) is 12.2. The Kier molecular flexibility index (Phi) is 46.0. The maximum Gasteiger partial charge on any atom is 0.330 e. The van der Waals surface area contributed by atoms with Crippen LogP contribution in [0.5, 0.6) is 17.2 Å². The number of ether oxygens (including phenoxy) is 9. The van der Waals surface area contributed by atoms with E-state index in [2.05, 4.69) is 0 Å². The van der Waals surface area contributed by atoms with Crippen LogP contribution in [-0.2, 0) is 42.8 Å². The molecule has 0 spiro atoms. The second-order valence-electron chi connectivity index (χ2n) is 21.8. The van der Waals surface area contributed by atoms with Gasteiger partial charge in [0.15, 0.2) is 0 Å². The Balaban J connectivity index is 1.18. The first kappa shape index (κ1) is 72.8. The second kappa shape index (κ2) is 53.1. The van der Waals surface area contributed by atoms with E-state index < -0.39 is 0 Å². The second-order valence-corrected chi connectivity index (χ2v) is 21.8. The van der Waals surface area contributed by atoms with E-state index in [4.69, 9.17) is 42.6 Å². The average molecular weight is 1170 g/mol. The normalized spacial score (nSPS) is 11.6. The summed E-state index contributed by atoms with van der Waals surface area (Å²) in [6.07, 6.45) is 46.3. The Labute approximate surface area is 508 Å². The first-order valence-electron chi connectivity index (χ1n) is 32.9. The molecule has 3 aromatic rings. The molecule has 0 saturated heterocycles. The van der Waals surface area contributed by atoms with Crippen LogP contribution in [0, 0.1) is 0 Å². The molecule has 470 valence electrons. The molecule has 3 aromatic carbocycles. The van der Waals surface area contributed by atoms with Crippen molar-refractivity contribution in [3.63, 3.8) is 0 Å². The molecular weight excluding hydrogens is 1060 g/mol. The molecular formula is C72H110O12. The van der Waals surface area contributed by atoms with Gasteiger partial charge in [0, 0.05) is 38.0 Å². The number of carbonyl (C=O) groups is 3. The fourth-order valence-electron chi connectivity index (χ4n) is 9.54. The molecule has 12 heteroatoms. The van der Waals surface area contributed by atoms with Crippen LogP contribution in [0.1, 0.15) is 230 Å². The van der Waals surface area contributed by atoms with Gasteiger partial charge in [-0.2, -0.15) is 0 Å². The summed E-state index contributed by atoms with van der Waals surface area (Å²) in [7, 11) is 0. The molecule has 84 heavy (non-hydrogen) atoms. The molecule has 0 aliphatic heterocycles. The lowest BCUT2D eigenvalue weighted by Crippen LogP contribution is -2.26. The highest BCUT2D eigenvalue weighted by molar-refractivity contribution is 5.88. The van der Waals surface area contributed by atoms with E-state index in [0.29, 0.717) is 33.0 Å². The maximum atomic E-state index is 11.5. The minimum absolute atomic E-state index is 0.0145. The van der Waals surface area contributed by atoms with E-state index >= 15 is 0 Å². The summed E-state index contributed by atoms with van der Waals surface area (Å²) in [6, 6.07) is 23.4. The van der Waals surface area contributed by atoms with Crippen LogP contribution in [0.2, 0.25) is 0 Å².